The smallest absolute Gasteiger partial charge is 0.117 e. The molecule has 3 aromatic carbocycles. The van der Waals surface area contributed by atoms with Gasteiger partial charge in [-0.05, 0) is 37.5 Å². The van der Waals surface area contributed by atoms with Crippen molar-refractivity contribution in [1.29, 1.82) is 0 Å². The van der Waals surface area contributed by atoms with Crippen molar-refractivity contribution < 1.29 is 0 Å². The Bertz CT molecular complexity index is 1120. The minimum absolute atomic E-state index is 0.349. The summed E-state index contributed by atoms with van der Waals surface area (Å²) >= 11 is 12.7. The Hall–Kier alpha value is -2.66. The van der Waals surface area contributed by atoms with Crippen LogP contribution in [0.4, 0.5) is 0 Å². The van der Waals surface area contributed by atoms with E-state index >= 15 is 0 Å². The fourth-order valence-corrected chi connectivity index (χ4v) is 4.13. The van der Waals surface area contributed by atoms with Gasteiger partial charge in [-0.25, -0.2) is 0 Å². The lowest BCUT2D eigenvalue weighted by molar-refractivity contribution is 0.503. The summed E-state index contributed by atoms with van der Waals surface area (Å²) in [6, 6.07) is 26.6. The van der Waals surface area contributed by atoms with Crippen molar-refractivity contribution >= 4 is 23.2 Å². The van der Waals surface area contributed by atoms with Gasteiger partial charge in [-0.3, -0.25) is 0 Å². The number of hydrogen-bond donors (Lipinski definition) is 1. The van der Waals surface area contributed by atoms with Gasteiger partial charge in [0.2, 0.25) is 0 Å². The highest BCUT2D eigenvalue weighted by Crippen LogP contribution is 2.26. The van der Waals surface area contributed by atoms with Crippen LogP contribution in [0.5, 0.6) is 0 Å². The topological polar surface area (TPSA) is 42.7 Å². The van der Waals surface area contributed by atoms with E-state index in [1.165, 1.54) is 5.56 Å². The molecule has 4 nitrogen and oxygen atoms in total. The minimum Gasteiger partial charge on any atom is -0.309 e. The first kappa shape index (κ1) is 22.5. The molecule has 4 aromatic rings. The Labute approximate surface area is 199 Å². The number of halogens is 2. The van der Waals surface area contributed by atoms with Crippen LogP contribution in [0, 0.1) is 0 Å². The molecule has 0 aliphatic heterocycles. The molecule has 32 heavy (non-hydrogen) atoms. The zero-order valence-electron chi connectivity index (χ0n) is 18.0. The average Bonchev–Trinajstić information content (AvgIpc) is 3.23. The normalized spacial score (nSPS) is 12.1. The third-order valence-electron chi connectivity index (χ3n) is 5.46. The zero-order chi connectivity index (χ0) is 22.3. The first-order valence-electron chi connectivity index (χ1n) is 10.8. The SMILES string of the molecule is C[C@@H](CCc1ccccc1)NCc1nn(Cc2c(Cl)cccc2Cl)nc1-c1ccccc1. The Balaban J connectivity index is 1.50. The molecule has 0 amide bonds. The average molecular weight is 465 g/mol. The Morgan fingerprint density at radius 3 is 2.19 bits per heavy atom. The number of aromatic nitrogens is 3. The standard InChI is InChI=1S/C26H26Cl2N4/c1-19(15-16-20-9-4-2-5-10-20)29-17-25-26(21-11-6-3-7-12-21)31-32(30-25)18-22-23(27)13-8-14-24(22)28/h2-14,19,29H,15-18H2,1H3/t19-/m0/s1. The van der Waals surface area contributed by atoms with Gasteiger partial charge in [0.05, 0.1) is 6.54 Å². The van der Waals surface area contributed by atoms with Crippen LogP contribution in [0.25, 0.3) is 11.3 Å². The third kappa shape index (κ3) is 5.77. The predicted molar refractivity (Wildman–Crippen MR) is 132 cm³/mol. The molecule has 164 valence electrons. The highest BCUT2D eigenvalue weighted by Gasteiger charge is 2.16. The Morgan fingerprint density at radius 1 is 0.844 bits per heavy atom. The third-order valence-corrected chi connectivity index (χ3v) is 6.17. The lowest BCUT2D eigenvalue weighted by Gasteiger charge is -2.13. The van der Waals surface area contributed by atoms with Gasteiger partial charge in [0.15, 0.2) is 0 Å². The summed E-state index contributed by atoms with van der Waals surface area (Å²) in [6.45, 7) is 3.26. The summed E-state index contributed by atoms with van der Waals surface area (Å²) in [6.07, 6.45) is 2.09. The van der Waals surface area contributed by atoms with Crippen LogP contribution in [0.2, 0.25) is 10.0 Å². The van der Waals surface area contributed by atoms with E-state index in [1.807, 2.05) is 36.4 Å². The summed E-state index contributed by atoms with van der Waals surface area (Å²) in [7, 11) is 0. The van der Waals surface area contributed by atoms with E-state index in [0.717, 1.165) is 35.4 Å². The van der Waals surface area contributed by atoms with E-state index < -0.39 is 0 Å². The van der Waals surface area contributed by atoms with E-state index in [-0.39, 0.29) is 0 Å². The van der Waals surface area contributed by atoms with E-state index in [9.17, 15) is 0 Å². The molecule has 1 N–H and O–H groups in total. The van der Waals surface area contributed by atoms with E-state index in [0.29, 0.717) is 29.2 Å². The molecule has 0 spiro atoms. The van der Waals surface area contributed by atoms with Crippen molar-refractivity contribution in [3.8, 4) is 11.3 Å². The van der Waals surface area contributed by atoms with Gasteiger partial charge < -0.3 is 5.32 Å². The molecule has 1 atom stereocenters. The van der Waals surface area contributed by atoms with Gasteiger partial charge in [0.1, 0.15) is 11.4 Å². The maximum Gasteiger partial charge on any atom is 0.117 e. The summed E-state index contributed by atoms with van der Waals surface area (Å²) < 4.78 is 0. The van der Waals surface area contributed by atoms with Crippen molar-refractivity contribution in [3.05, 3.63) is 106 Å². The highest BCUT2D eigenvalue weighted by atomic mass is 35.5. The molecule has 0 fully saturated rings. The molecule has 4 rings (SSSR count). The fourth-order valence-electron chi connectivity index (χ4n) is 3.62. The van der Waals surface area contributed by atoms with Gasteiger partial charge in [0, 0.05) is 33.8 Å². The quantitative estimate of drug-likeness (QED) is 0.311. The number of hydrogen-bond acceptors (Lipinski definition) is 3. The molecule has 0 aliphatic rings. The first-order chi connectivity index (χ1) is 15.6. The molecule has 0 saturated carbocycles. The minimum atomic E-state index is 0.349. The fraction of sp³-hybridized carbons (Fsp3) is 0.231. The van der Waals surface area contributed by atoms with Crippen LogP contribution in [0.1, 0.15) is 30.2 Å². The van der Waals surface area contributed by atoms with E-state index in [4.69, 9.17) is 33.4 Å². The molecule has 1 aromatic heterocycles. The predicted octanol–water partition coefficient (Wildman–Crippen LogP) is 6.41. The van der Waals surface area contributed by atoms with Crippen molar-refractivity contribution in [2.75, 3.05) is 0 Å². The second-order valence-electron chi connectivity index (χ2n) is 7.90. The van der Waals surface area contributed by atoms with Crippen LogP contribution in [0.15, 0.2) is 78.9 Å². The van der Waals surface area contributed by atoms with Gasteiger partial charge in [-0.1, -0.05) is 89.9 Å². The monoisotopic (exact) mass is 464 g/mol. The van der Waals surface area contributed by atoms with Crippen LogP contribution >= 0.6 is 23.2 Å². The van der Waals surface area contributed by atoms with Crippen LogP contribution in [0.3, 0.4) is 0 Å². The van der Waals surface area contributed by atoms with Crippen LogP contribution in [-0.2, 0) is 19.5 Å². The number of nitrogens with zero attached hydrogens (tertiary/aromatic N) is 3. The van der Waals surface area contributed by atoms with Crippen molar-refractivity contribution in [2.24, 2.45) is 0 Å². The second kappa shape index (κ2) is 10.8. The molecule has 0 aliphatic carbocycles. The zero-order valence-corrected chi connectivity index (χ0v) is 19.5. The van der Waals surface area contributed by atoms with E-state index in [1.54, 1.807) is 4.80 Å². The van der Waals surface area contributed by atoms with Gasteiger partial charge in [0.25, 0.3) is 0 Å². The lowest BCUT2D eigenvalue weighted by atomic mass is 10.1. The van der Waals surface area contributed by atoms with Crippen molar-refractivity contribution in [2.45, 2.75) is 38.9 Å². The number of rotatable bonds is 9. The molecule has 1 heterocycles. The van der Waals surface area contributed by atoms with Gasteiger partial charge in [-0.15, -0.1) is 0 Å². The maximum atomic E-state index is 6.37. The Morgan fingerprint density at radius 2 is 1.50 bits per heavy atom. The van der Waals surface area contributed by atoms with Crippen molar-refractivity contribution in [1.82, 2.24) is 20.3 Å². The van der Waals surface area contributed by atoms with Gasteiger partial charge >= 0.3 is 0 Å². The highest BCUT2D eigenvalue weighted by molar-refractivity contribution is 6.35. The van der Waals surface area contributed by atoms with Gasteiger partial charge in [-0.2, -0.15) is 15.0 Å². The Kier molecular flexibility index (Phi) is 7.59. The first-order valence-corrected chi connectivity index (χ1v) is 11.6. The summed E-state index contributed by atoms with van der Waals surface area (Å²) in [5.41, 5.74) is 5.00. The second-order valence-corrected chi connectivity index (χ2v) is 8.71. The molecular weight excluding hydrogens is 439 g/mol. The molecule has 6 heteroatoms. The number of nitrogens with one attached hydrogen (secondary N) is 1. The lowest BCUT2D eigenvalue weighted by Crippen LogP contribution is -2.26. The molecule has 0 bridgehead atoms. The summed E-state index contributed by atoms with van der Waals surface area (Å²) in [5.74, 6) is 0. The van der Waals surface area contributed by atoms with Crippen LogP contribution in [-0.4, -0.2) is 21.0 Å². The van der Waals surface area contributed by atoms with Crippen molar-refractivity contribution in [3.63, 3.8) is 0 Å². The summed E-state index contributed by atoms with van der Waals surface area (Å²) in [5, 5.41) is 14.4. The molecule has 0 radical (unpaired) electrons. The largest absolute Gasteiger partial charge is 0.309 e. The summed E-state index contributed by atoms with van der Waals surface area (Å²) in [4.78, 5) is 1.68. The molecule has 0 unspecified atom stereocenters. The molecule has 0 saturated heterocycles. The van der Waals surface area contributed by atoms with Crippen LogP contribution < -0.4 is 5.32 Å². The number of benzene rings is 3. The van der Waals surface area contributed by atoms with E-state index in [2.05, 4.69) is 54.7 Å². The molecular formula is C26H26Cl2N4. The number of aryl methyl sites for hydroxylation is 1. The maximum absolute atomic E-state index is 6.37.